The number of nitrogens with one attached hydrogen (secondary N) is 2. The van der Waals surface area contributed by atoms with Crippen molar-refractivity contribution >= 4 is 11.7 Å². The fourth-order valence-corrected chi connectivity index (χ4v) is 2.69. The summed E-state index contributed by atoms with van der Waals surface area (Å²) >= 11 is 0. The van der Waals surface area contributed by atoms with Crippen LogP contribution in [0.1, 0.15) is 5.56 Å². The minimum atomic E-state index is -0.327. The van der Waals surface area contributed by atoms with Gasteiger partial charge in [-0.1, -0.05) is 0 Å². The number of rotatable bonds is 9. The Labute approximate surface area is 164 Å². The average molecular weight is 390 g/mol. The van der Waals surface area contributed by atoms with Crippen molar-refractivity contribution in [1.82, 2.24) is 5.32 Å². The molecule has 2 amide bonds. The fraction of sp³-hybridized carbons (Fsp3) is 0.350. The fourth-order valence-electron chi connectivity index (χ4n) is 2.69. The monoisotopic (exact) mass is 390 g/mol. The van der Waals surface area contributed by atoms with Crippen molar-refractivity contribution < 1.29 is 28.5 Å². The standard InChI is InChI=1S/C20H26N2O6/c1-24-15-7-6-14(11-18(15)27-4)22-20(23)21-9-8-13-10-17(26-3)19(28-5)12-16(13)25-2/h6-7,10-12H,8-9H2,1-5H3,(H2,21,22,23). The quantitative estimate of drug-likeness (QED) is 0.684. The molecule has 152 valence electrons. The molecule has 0 aliphatic carbocycles. The summed E-state index contributed by atoms with van der Waals surface area (Å²) in [5.74, 6) is 2.99. The van der Waals surface area contributed by atoms with Crippen LogP contribution in [0.4, 0.5) is 10.5 Å². The highest BCUT2D eigenvalue weighted by Crippen LogP contribution is 2.34. The van der Waals surface area contributed by atoms with Crippen LogP contribution in [0.5, 0.6) is 28.7 Å². The number of anilines is 1. The Morgan fingerprint density at radius 3 is 1.93 bits per heavy atom. The van der Waals surface area contributed by atoms with E-state index < -0.39 is 0 Å². The summed E-state index contributed by atoms with van der Waals surface area (Å²) in [4.78, 5) is 12.2. The molecular formula is C20H26N2O6. The topological polar surface area (TPSA) is 87.3 Å². The van der Waals surface area contributed by atoms with Crippen molar-refractivity contribution in [3.05, 3.63) is 35.9 Å². The Bertz CT molecular complexity index is 810. The van der Waals surface area contributed by atoms with E-state index >= 15 is 0 Å². The van der Waals surface area contributed by atoms with Crippen LogP contribution in [0.2, 0.25) is 0 Å². The normalized spacial score (nSPS) is 10.0. The average Bonchev–Trinajstić information content (AvgIpc) is 2.72. The largest absolute Gasteiger partial charge is 0.496 e. The van der Waals surface area contributed by atoms with E-state index in [0.29, 0.717) is 47.4 Å². The number of carbonyl (C=O) groups is 1. The molecule has 0 aromatic heterocycles. The number of methoxy groups -OCH3 is 5. The molecule has 8 heteroatoms. The molecule has 8 nitrogen and oxygen atoms in total. The van der Waals surface area contributed by atoms with Gasteiger partial charge in [-0.15, -0.1) is 0 Å². The minimum Gasteiger partial charge on any atom is -0.496 e. The molecule has 2 aromatic carbocycles. The van der Waals surface area contributed by atoms with Crippen LogP contribution in [0, 0.1) is 0 Å². The van der Waals surface area contributed by atoms with E-state index in [1.54, 1.807) is 52.7 Å². The minimum absolute atomic E-state index is 0.327. The van der Waals surface area contributed by atoms with Gasteiger partial charge in [0.25, 0.3) is 0 Å². The lowest BCUT2D eigenvalue weighted by atomic mass is 10.1. The molecule has 2 rings (SSSR count). The highest BCUT2D eigenvalue weighted by Gasteiger charge is 2.12. The zero-order valence-corrected chi connectivity index (χ0v) is 16.8. The third-order valence-electron chi connectivity index (χ3n) is 4.11. The van der Waals surface area contributed by atoms with Crippen LogP contribution in [0.15, 0.2) is 30.3 Å². The van der Waals surface area contributed by atoms with Crippen LogP contribution in [0.3, 0.4) is 0 Å². The Balaban J connectivity index is 1.97. The first-order valence-corrected chi connectivity index (χ1v) is 8.62. The molecule has 0 unspecified atom stereocenters. The third-order valence-corrected chi connectivity index (χ3v) is 4.11. The molecule has 0 saturated heterocycles. The molecule has 0 spiro atoms. The molecule has 0 fully saturated rings. The Hall–Kier alpha value is -3.29. The second-order valence-electron chi connectivity index (χ2n) is 5.72. The predicted octanol–water partition coefficient (Wildman–Crippen LogP) is 3.09. The highest BCUT2D eigenvalue weighted by atomic mass is 16.5. The maximum atomic E-state index is 12.2. The summed E-state index contributed by atoms with van der Waals surface area (Å²) in [7, 11) is 7.82. The lowest BCUT2D eigenvalue weighted by Gasteiger charge is -2.15. The van der Waals surface area contributed by atoms with E-state index in [2.05, 4.69) is 10.6 Å². The first kappa shape index (κ1) is 21.0. The van der Waals surface area contributed by atoms with Gasteiger partial charge in [0.05, 0.1) is 35.5 Å². The van der Waals surface area contributed by atoms with Gasteiger partial charge in [-0.2, -0.15) is 0 Å². The third kappa shape index (κ3) is 5.12. The number of urea groups is 1. The van der Waals surface area contributed by atoms with Gasteiger partial charge in [-0.05, 0) is 30.2 Å². The van der Waals surface area contributed by atoms with Crippen LogP contribution >= 0.6 is 0 Å². The maximum Gasteiger partial charge on any atom is 0.319 e. The molecule has 0 atom stereocenters. The molecule has 28 heavy (non-hydrogen) atoms. The Morgan fingerprint density at radius 2 is 1.32 bits per heavy atom. The van der Waals surface area contributed by atoms with E-state index in [-0.39, 0.29) is 6.03 Å². The van der Waals surface area contributed by atoms with Gasteiger partial charge in [0, 0.05) is 24.4 Å². The van der Waals surface area contributed by atoms with Crippen molar-refractivity contribution in [2.45, 2.75) is 6.42 Å². The predicted molar refractivity (Wildman–Crippen MR) is 106 cm³/mol. The van der Waals surface area contributed by atoms with Crippen LogP contribution < -0.4 is 34.3 Å². The van der Waals surface area contributed by atoms with Gasteiger partial charge in [0.2, 0.25) is 0 Å². The van der Waals surface area contributed by atoms with Gasteiger partial charge in [0.15, 0.2) is 23.0 Å². The van der Waals surface area contributed by atoms with E-state index in [4.69, 9.17) is 23.7 Å². The summed E-state index contributed by atoms with van der Waals surface area (Å²) in [6, 6.07) is 8.42. The summed E-state index contributed by atoms with van der Waals surface area (Å²) in [5, 5.41) is 5.58. The van der Waals surface area contributed by atoms with Crippen molar-refractivity contribution in [2.24, 2.45) is 0 Å². The molecule has 0 heterocycles. The number of benzene rings is 2. The lowest BCUT2D eigenvalue weighted by Crippen LogP contribution is -2.30. The number of hydrogen-bond donors (Lipinski definition) is 2. The Morgan fingerprint density at radius 1 is 0.750 bits per heavy atom. The SMILES string of the molecule is COc1cc(OC)c(OC)cc1CCNC(=O)Nc1ccc(OC)c(OC)c1. The van der Waals surface area contributed by atoms with Crippen LogP contribution in [-0.2, 0) is 6.42 Å². The van der Waals surface area contributed by atoms with Gasteiger partial charge >= 0.3 is 6.03 Å². The molecule has 0 aliphatic rings. The summed E-state index contributed by atoms with van der Waals surface area (Å²) in [6.45, 7) is 0.408. The van der Waals surface area contributed by atoms with E-state index in [9.17, 15) is 4.79 Å². The maximum absolute atomic E-state index is 12.2. The zero-order chi connectivity index (χ0) is 20.5. The first-order valence-electron chi connectivity index (χ1n) is 8.62. The van der Waals surface area contributed by atoms with Crippen molar-refractivity contribution in [1.29, 1.82) is 0 Å². The molecule has 0 bridgehead atoms. The molecule has 0 aliphatic heterocycles. The van der Waals surface area contributed by atoms with E-state index in [0.717, 1.165) is 5.56 Å². The number of ether oxygens (including phenoxy) is 5. The molecular weight excluding hydrogens is 364 g/mol. The molecule has 0 radical (unpaired) electrons. The molecule has 2 aromatic rings. The molecule has 0 saturated carbocycles. The lowest BCUT2D eigenvalue weighted by molar-refractivity contribution is 0.252. The van der Waals surface area contributed by atoms with E-state index in [1.807, 2.05) is 6.07 Å². The second-order valence-corrected chi connectivity index (χ2v) is 5.72. The first-order chi connectivity index (χ1) is 13.6. The van der Waals surface area contributed by atoms with Crippen molar-refractivity contribution in [2.75, 3.05) is 47.4 Å². The summed E-state index contributed by atoms with van der Waals surface area (Å²) < 4.78 is 26.4. The van der Waals surface area contributed by atoms with Gasteiger partial charge in [-0.25, -0.2) is 4.79 Å². The summed E-state index contributed by atoms with van der Waals surface area (Å²) in [6.07, 6.45) is 0.558. The summed E-state index contributed by atoms with van der Waals surface area (Å²) in [5.41, 5.74) is 1.49. The van der Waals surface area contributed by atoms with Crippen LogP contribution in [-0.4, -0.2) is 48.1 Å². The van der Waals surface area contributed by atoms with Gasteiger partial charge < -0.3 is 34.3 Å². The number of hydrogen-bond acceptors (Lipinski definition) is 6. The van der Waals surface area contributed by atoms with Gasteiger partial charge in [0.1, 0.15) is 5.75 Å². The number of amides is 2. The van der Waals surface area contributed by atoms with E-state index in [1.165, 1.54) is 7.11 Å². The second kappa shape index (κ2) is 10.1. The van der Waals surface area contributed by atoms with Crippen molar-refractivity contribution in [3.63, 3.8) is 0 Å². The molecule has 2 N–H and O–H groups in total. The van der Waals surface area contributed by atoms with Crippen LogP contribution in [0.25, 0.3) is 0 Å². The highest BCUT2D eigenvalue weighted by molar-refractivity contribution is 5.89. The van der Waals surface area contributed by atoms with Gasteiger partial charge in [-0.3, -0.25) is 0 Å². The zero-order valence-electron chi connectivity index (χ0n) is 16.8. The Kier molecular flexibility index (Phi) is 7.62. The number of carbonyl (C=O) groups excluding carboxylic acids is 1. The van der Waals surface area contributed by atoms with Crippen molar-refractivity contribution in [3.8, 4) is 28.7 Å². The smallest absolute Gasteiger partial charge is 0.319 e.